The van der Waals surface area contributed by atoms with Crippen LogP contribution in [0.4, 0.5) is 0 Å². The quantitative estimate of drug-likeness (QED) is 0.143. The van der Waals surface area contributed by atoms with Crippen LogP contribution >= 0.6 is 0 Å². The van der Waals surface area contributed by atoms with Crippen molar-refractivity contribution in [2.24, 2.45) is 0 Å². The second kappa shape index (κ2) is 15.3. The van der Waals surface area contributed by atoms with E-state index in [0.717, 1.165) is 0 Å². The van der Waals surface area contributed by atoms with E-state index >= 15 is 0 Å². The minimum atomic E-state index is 0.462. The minimum Gasteiger partial charge on any atom is -0.0616 e. The molecule has 12 rings (SSSR count). The highest BCUT2D eigenvalue weighted by atomic mass is 14.4. The second-order valence-electron chi connectivity index (χ2n) is 20.3. The average Bonchev–Trinajstić information content (AvgIpc) is 3.84. The first-order chi connectivity index (χ1) is 32.1. The van der Waals surface area contributed by atoms with E-state index in [9.17, 15) is 0 Å². The van der Waals surface area contributed by atoms with Gasteiger partial charge in [0.25, 0.3) is 0 Å². The zero-order valence-corrected chi connectivity index (χ0v) is 39.5. The molecule has 0 amide bonds. The maximum absolute atomic E-state index is 2.48. The molecule has 0 nitrogen and oxygen atoms in total. The lowest BCUT2D eigenvalue weighted by atomic mass is 9.81. The summed E-state index contributed by atoms with van der Waals surface area (Å²) in [5, 5.41) is 7.93. The van der Waals surface area contributed by atoms with Gasteiger partial charge in [-0.3, -0.25) is 0 Å². The van der Waals surface area contributed by atoms with Gasteiger partial charge in [-0.25, -0.2) is 0 Å². The third kappa shape index (κ3) is 5.97. The van der Waals surface area contributed by atoms with Crippen molar-refractivity contribution < 1.29 is 0 Å². The first-order valence-corrected chi connectivity index (χ1v) is 24.3. The van der Waals surface area contributed by atoms with Gasteiger partial charge < -0.3 is 0 Å². The van der Waals surface area contributed by atoms with Gasteiger partial charge in [-0.1, -0.05) is 225 Å². The van der Waals surface area contributed by atoms with Crippen LogP contribution in [-0.4, -0.2) is 0 Å². The van der Waals surface area contributed by atoms with Gasteiger partial charge in [0, 0.05) is 0 Å². The Morgan fingerprint density at radius 1 is 0.212 bits per heavy atom. The van der Waals surface area contributed by atoms with Crippen LogP contribution < -0.4 is 0 Å². The molecule has 0 bridgehead atoms. The second-order valence-corrected chi connectivity index (χ2v) is 20.3. The third-order valence-electron chi connectivity index (χ3n) is 15.1. The van der Waals surface area contributed by atoms with Crippen LogP contribution in [0.25, 0.3) is 121 Å². The zero-order valence-electron chi connectivity index (χ0n) is 39.5. The number of benzene rings is 10. The highest BCUT2D eigenvalue weighted by Gasteiger charge is 2.37. The van der Waals surface area contributed by atoms with Crippen LogP contribution in [0.5, 0.6) is 0 Å². The number of hydrogen-bond acceptors (Lipinski definition) is 0. The van der Waals surface area contributed by atoms with Gasteiger partial charge in [0.15, 0.2) is 0 Å². The van der Waals surface area contributed by atoms with E-state index in [1.165, 1.54) is 144 Å². The number of rotatable bonds is 8. The minimum absolute atomic E-state index is 0.462. The summed E-state index contributed by atoms with van der Waals surface area (Å²) in [4.78, 5) is 0. The van der Waals surface area contributed by atoms with Gasteiger partial charge >= 0.3 is 0 Å². The number of hydrogen-bond donors (Lipinski definition) is 0. The molecule has 0 fully saturated rings. The fraction of sp³-hybridized carbons (Fsp3) is 0.182. The standard InChI is InChI=1S/C66H56/c1-37(2)41-17-25-45(26-18-41)57-49-13-9-10-14-50(49)58(46-27-19-42(20-28-46)38(3)4)64-54-35-36-56-62-55(34-33-53(61(54)62)63(57)64)65-59(47-29-21-43(22-30-47)39(5)6)51-15-11-12-16-52(51)60(66(56)65)48-31-23-44(24-32-48)40(7)8/h9-40H,1-8H3. The summed E-state index contributed by atoms with van der Waals surface area (Å²) in [5.74, 6) is 1.85. The molecular formula is C66H56. The van der Waals surface area contributed by atoms with Crippen LogP contribution in [0.15, 0.2) is 170 Å². The first-order valence-electron chi connectivity index (χ1n) is 24.3. The SMILES string of the molecule is CC(C)c1ccc(-c2c3c(c(-c4ccc(C(C)C)cc4)c4ccccc24)-c2ccc4c5c(ccc-3c25)-c2c-4c(-c3ccc(C(C)C)cc3)c3ccccc3c2-c2ccc(C(C)C)cc2)cc1. The molecule has 0 saturated carbocycles. The predicted molar refractivity (Wildman–Crippen MR) is 286 cm³/mol. The van der Waals surface area contributed by atoms with Crippen LogP contribution in [0.2, 0.25) is 0 Å². The zero-order chi connectivity index (χ0) is 45.1. The van der Waals surface area contributed by atoms with E-state index in [-0.39, 0.29) is 0 Å². The van der Waals surface area contributed by atoms with Crippen molar-refractivity contribution in [3.8, 4) is 89.0 Å². The van der Waals surface area contributed by atoms with Gasteiger partial charge in [-0.15, -0.1) is 0 Å². The lowest BCUT2D eigenvalue weighted by molar-refractivity contribution is 0.867. The Kier molecular flexibility index (Phi) is 9.38. The Labute approximate surface area is 390 Å². The molecule has 320 valence electrons. The molecule has 0 aliphatic heterocycles. The van der Waals surface area contributed by atoms with E-state index in [0.29, 0.717) is 23.7 Å². The summed E-state index contributed by atoms with van der Waals surface area (Å²) >= 11 is 0. The maximum atomic E-state index is 2.48. The summed E-state index contributed by atoms with van der Waals surface area (Å²) in [6, 6.07) is 66.1. The lowest BCUT2D eigenvalue weighted by Gasteiger charge is -2.22. The van der Waals surface area contributed by atoms with Crippen LogP contribution in [0.1, 0.15) is 101 Å². The van der Waals surface area contributed by atoms with E-state index in [1.807, 2.05) is 0 Å². The molecular weight excluding hydrogens is 793 g/mol. The molecule has 0 heterocycles. The smallest absolute Gasteiger partial charge is 0.000740 e. The van der Waals surface area contributed by atoms with E-state index in [2.05, 4.69) is 225 Å². The van der Waals surface area contributed by atoms with Gasteiger partial charge in [0.05, 0.1) is 0 Å². The maximum Gasteiger partial charge on any atom is -0.000740 e. The van der Waals surface area contributed by atoms with Gasteiger partial charge in [-0.2, -0.15) is 0 Å². The topological polar surface area (TPSA) is 0 Å². The Bertz CT molecular complexity index is 3100. The Morgan fingerprint density at radius 2 is 0.409 bits per heavy atom. The monoisotopic (exact) mass is 848 g/mol. The summed E-state index contributed by atoms with van der Waals surface area (Å²) in [5.41, 5.74) is 26.5. The third-order valence-corrected chi connectivity index (χ3v) is 15.1. The highest BCUT2D eigenvalue weighted by Crippen LogP contribution is 2.64. The van der Waals surface area contributed by atoms with Crippen molar-refractivity contribution in [3.05, 3.63) is 192 Å². The Balaban J connectivity index is 1.22. The normalized spacial score (nSPS) is 12.5. The van der Waals surface area contributed by atoms with E-state index in [4.69, 9.17) is 0 Å². The summed E-state index contributed by atoms with van der Waals surface area (Å²) in [6.07, 6.45) is 0. The van der Waals surface area contributed by atoms with Gasteiger partial charge in [0.2, 0.25) is 0 Å². The molecule has 66 heavy (non-hydrogen) atoms. The molecule has 2 aliphatic carbocycles. The van der Waals surface area contributed by atoms with Gasteiger partial charge in [0.1, 0.15) is 0 Å². The molecule has 10 aromatic carbocycles. The largest absolute Gasteiger partial charge is 0.0616 e. The molecule has 0 atom stereocenters. The van der Waals surface area contributed by atoms with Gasteiger partial charge in [-0.05, 0) is 167 Å². The van der Waals surface area contributed by atoms with Crippen LogP contribution in [0.3, 0.4) is 0 Å². The fourth-order valence-electron chi connectivity index (χ4n) is 11.6. The van der Waals surface area contributed by atoms with Crippen molar-refractivity contribution in [2.45, 2.75) is 79.1 Å². The van der Waals surface area contributed by atoms with E-state index in [1.54, 1.807) is 0 Å². The summed E-state index contributed by atoms with van der Waals surface area (Å²) in [7, 11) is 0. The summed E-state index contributed by atoms with van der Waals surface area (Å²) in [6.45, 7) is 18.3. The molecule has 0 spiro atoms. The molecule has 10 aromatic rings. The van der Waals surface area contributed by atoms with Crippen LogP contribution in [0, 0.1) is 0 Å². The molecule has 0 unspecified atom stereocenters. The number of fused-ring (bicyclic) bond motifs is 8. The highest BCUT2D eigenvalue weighted by molar-refractivity contribution is 6.35. The van der Waals surface area contributed by atoms with Crippen molar-refractivity contribution in [3.63, 3.8) is 0 Å². The van der Waals surface area contributed by atoms with Crippen molar-refractivity contribution in [1.82, 2.24) is 0 Å². The molecule has 0 heteroatoms. The van der Waals surface area contributed by atoms with Crippen LogP contribution in [-0.2, 0) is 0 Å². The lowest BCUT2D eigenvalue weighted by Crippen LogP contribution is -1.95. The molecule has 0 saturated heterocycles. The molecule has 0 radical (unpaired) electrons. The average molecular weight is 849 g/mol. The fourth-order valence-corrected chi connectivity index (χ4v) is 11.6. The van der Waals surface area contributed by atoms with E-state index < -0.39 is 0 Å². The molecule has 0 N–H and O–H groups in total. The predicted octanol–water partition coefficient (Wildman–Crippen LogP) is 19.6. The first kappa shape index (κ1) is 40.5. The Hall–Kier alpha value is -7.02. The van der Waals surface area contributed by atoms with Crippen molar-refractivity contribution in [2.75, 3.05) is 0 Å². The molecule has 0 aromatic heterocycles. The van der Waals surface area contributed by atoms with Crippen molar-refractivity contribution >= 4 is 32.3 Å². The Morgan fingerprint density at radius 3 is 0.591 bits per heavy atom. The summed E-state index contributed by atoms with van der Waals surface area (Å²) < 4.78 is 0. The van der Waals surface area contributed by atoms with Crippen molar-refractivity contribution in [1.29, 1.82) is 0 Å². The molecule has 2 aliphatic rings.